The van der Waals surface area contributed by atoms with Crippen LogP contribution in [0.1, 0.15) is 11.1 Å². The lowest BCUT2D eigenvalue weighted by Crippen LogP contribution is -2.50. The van der Waals surface area contributed by atoms with Gasteiger partial charge < -0.3 is 21.3 Å². The van der Waals surface area contributed by atoms with E-state index in [1.807, 2.05) is 30.0 Å². The molecule has 0 radical (unpaired) electrons. The Bertz CT molecular complexity index is 555. The van der Waals surface area contributed by atoms with E-state index < -0.39 is 0 Å². The van der Waals surface area contributed by atoms with Crippen molar-refractivity contribution in [2.24, 2.45) is 21.5 Å². The maximum Gasteiger partial charge on any atom is 0.223 e. The van der Waals surface area contributed by atoms with Gasteiger partial charge in [0.2, 0.25) is 5.96 Å². The molecular weight excluding hydrogens is 264 g/mol. The molecule has 0 bridgehead atoms. The van der Waals surface area contributed by atoms with E-state index >= 15 is 0 Å². The molecule has 114 valence electrons. The van der Waals surface area contributed by atoms with Crippen molar-refractivity contribution in [2.75, 3.05) is 33.2 Å². The van der Waals surface area contributed by atoms with Gasteiger partial charge in [0.15, 0.2) is 5.96 Å². The quantitative estimate of drug-likeness (QED) is 0.592. The van der Waals surface area contributed by atoms with Crippen LogP contribution in [-0.4, -0.2) is 54.9 Å². The average Bonchev–Trinajstić information content (AvgIpc) is 2.43. The van der Waals surface area contributed by atoms with Crippen molar-refractivity contribution in [1.29, 1.82) is 0 Å². The van der Waals surface area contributed by atoms with Crippen LogP contribution in [0.15, 0.2) is 28.2 Å². The van der Waals surface area contributed by atoms with Crippen LogP contribution >= 0.6 is 0 Å². The van der Waals surface area contributed by atoms with Crippen molar-refractivity contribution in [2.45, 2.75) is 13.8 Å². The van der Waals surface area contributed by atoms with Gasteiger partial charge in [-0.3, -0.25) is 0 Å². The van der Waals surface area contributed by atoms with Crippen LogP contribution in [0.2, 0.25) is 0 Å². The highest BCUT2D eigenvalue weighted by atomic mass is 15.3. The lowest BCUT2D eigenvalue weighted by molar-refractivity contribution is 0.214. The predicted molar refractivity (Wildman–Crippen MR) is 87.9 cm³/mol. The summed E-state index contributed by atoms with van der Waals surface area (Å²) in [7, 11) is 2.10. The van der Waals surface area contributed by atoms with Crippen LogP contribution in [0.4, 0.5) is 5.69 Å². The standard InChI is InChI=1S/C15H24N6/c1-11-4-5-13(10-12(11)2)18-14(16)19-15(17)21-8-6-20(3)7-9-21/h4-5,10H,6-9H2,1-3H3,(H4,16,17,18,19). The summed E-state index contributed by atoms with van der Waals surface area (Å²) in [5.74, 6) is 0.628. The second kappa shape index (κ2) is 6.58. The van der Waals surface area contributed by atoms with E-state index in [0.29, 0.717) is 5.96 Å². The highest BCUT2D eigenvalue weighted by Gasteiger charge is 2.15. The summed E-state index contributed by atoms with van der Waals surface area (Å²) in [6.45, 7) is 7.79. The summed E-state index contributed by atoms with van der Waals surface area (Å²) in [6, 6.07) is 5.94. The van der Waals surface area contributed by atoms with E-state index in [1.165, 1.54) is 11.1 Å². The topological polar surface area (TPSA) is 83.2 Å². The molecule has 1 fully saturated rings. The maximum absolute atomic E-state index is 6.00. The molecule has 21 heavy (non-hydrogen) atoms. The Morgan fingerprint density at radius 2 is 1.71 bits per heavy atom. The average molecular weight is 288 g/mol. The Balaban J connectivity index is 2.07. The van der Waals surface area contributed by atoms with Gasteiger partial charge in [0, 0.05) is 26.2 Å². The summed E-state index contributed by atoms with van der Waals surface area (Å²) in [4.78, 5) is 12.8. The minimum absolute atomic E-state index is 0.190. The molecule has 4 N–H and O–H groups in total. The third-order valence-corrected chi connectivity index (χ3v) is 3.79. The zero-order valence-electron chi connectivity index (χ0n) is 13.0. The van der Waals surface area contributed by atoms with Crippen LogP contribution in [0, 0.1) is 13.8 Å². The highest BCUT2D eigenvalue weighted by Crippen LogP contribution is 2.17. The second-order valence-electron chi connectivity index (χ2n) is 5.50. The number of piperazine rings is 1. The number of nitrogens with two attached hydrogens (primary N) is 2. The van der Waals surface area contributed by atoms with Crippen molar-refractivity contribution >= 4 is 17.6 Å². The monoisotopic (exact) mass is 288 g/mol. The fraction of sp³-hybridized carbons (Fsp3) is 0.467. The molecule has 1 aliphatic heterocycles. The third-order valence-electron chi connectivity index (χ3n) is 3.79. The molecule has 0 amide bonds. The fourth-order valence-electron chi connectivity index (χ4n) is 2.18. The number of aryl methyl sites for hydroxylation is 2. The predicted octanol–water partition coefficient (Wildman–Crippen LogP) is 0.812. The van der Waals surface area contributed by atoms with Gasteiger partial charge in [0.05, 0.1) is 5.69 Å². The maximum atomic E-state index is 6.00. The van der Waals surface area contributed by atoms with Gasteiger partial charge in [0.1, 0.15) is 0 Å². The first kappa shape index (κ1) is 15.3. The number of hydrogen-bond acceptors (Lipinski definition) is 2. The third kappa shape index (κ3) is 4.19. The van der Waals surface area contributed by atoms with Gasteiger partial charge in [-0.25, -0.2) is 4.99 Å². The molecule has 6 heteroatoms. The lowest BCUT2D eigenvalue weighted by atomic mass is 10.1. The van der Waals surface area contributed by atoms with Gasteiger partial charge in [-0.1, -0.05) is 6.07 Å². The van der Waals surface area contributed by atoms with E-state index in [0.717, 1.165) is 31.9 Å². The summed E-state index contributed by atoms with van der Waals surface area (Å²) in [6.07, 6.45) is 0. The molecule has 0 unspecified atom stereocenters. The first-order valence-electron chi connectivity index (χ1n) is 7.15. The zero-order valence-corrected chi connectivity index (χ0v) is 13.0. The normalized spacial score (nSPS) is 18.1. The van der Waals surface area contributed by atoms with Crippen LogP contribution in [0.25, 0.3) is 0 Å². The molecule has 0 saturated carbocycles. The first-order chi connectivity index (χ1) is 9.95. The van der Waals surface area contributed by atoms with Crippen LogP contribution in [0.5, 0.6) is 0 Å². The number of rotatable bonds is 1. The molecule has 0 aromatic heterocycles. The summed E-state index contributed by atoms with van der Waals surface area (Å²) < 4.78 is 0. The van der Waals surface area contributed by atoms with Gasteiger partial charge in [0.25, 0.3) is 0 Å². The minimum atomic E-state index is 0.190. The van der Waals surface area contributed by atoms with E-state index in [1.54, 1.807) is 0 Å². The second-order valence-corrected chi connectivity index (χ2v) is 5.50. The van der Waals surface area contributed by atoms with Crippen molar-refractivity contribution < 1.29 is 0 Å². The van der Waals surface area contributed by atoms with Crippen molar-refractivity contribution in [3.8, 4) is 0 Å². The Labute approximate surface area is 126 Å². The summed E-state index contributed by atoms with van der Waals surface area (Å²) in [5.41, 5.74) is 15.1. The summed E-state index contributed by atoms with van der Waals surface area (Å²) in [5, 5.41) is 0. The SMILES string of the molecule is Cc1ccc(N=C(N)N=C(N)N2CCN(C)CC2)cc1C. The smallest absolute Gasteiger partial charge is 0.223 e. The molecule has 2 rings (SSSR count). The Morgan fingerprint density at radius 3 is 2.33 bits per heavy atom. The fourth-order valence-corrected chi connectivity index (χ4v) is 2.18. The van der Waals surface area contributed by atoms with Crippen LogP contribution in [-0.2, 0) is 0 Å². The minimum Gasteiger partial charge on any atom is -0.369 e. The first-order valence-corrected chi connectivity index (χ1v) is 7.15. The highest BCUT2D eigenvalue weighted by molar-refractivity contribution is 5.94. The Hall–Kier alpha value is -2.08. The number of nitrogens with zero attached hydrogens (tertiary/aromatic N) is 4. The van der Waals surface area contributed by atoms with Gasteiger partial charge in [-0.15, -0.1) is 0 Å². The molecule has 0 aliphatic carbocycles. The molecule has 1 aromatic carbocycles. The lowest BCUT2D eigenvalue weighted by Gasteiger charge is -2.32. The number of hydrogen-bond donors (Lipinski definition) is 2. The van der Waals surface area contributed by atoms with E-state index in [9.17, 15) is 0 Å². The number of likely N-dealkylation sites (N-methyl/N-ethyl adjacent to an activating group) is 1. The molecule has 0 atom stereocenters. The van der Waals surface area contributed by atoms with Gasteiger partial charge in [-0.05, 0) is 44.2 Å². The van der Waals surface area contributed by atoms with E-state index in [2.05, 4.69) is 28.9 Å². The zero-order chi connectivity index (χ0) is 15.4. The van der Waals surface area contributed by atoms with E-state index in [4.69, 9.17) is 11.5 Å². The van der Waals surface area contributed by atoms with Crippen LogP contribution in [0.3, 0.4) is 0 Å². The van der Waals surface area contributed by atoms with Crippen molar-refractivity contribution in [3.63, 3.8) is 0 Å². The largest absolute Gasteiger partial charge is 0.369 e. The molecule has 1 saturated heterocycles. The van der Waals surface area contributed by atoms with E-state index in [-0.39, 0.29) is 5.96 Å². The molecular formula is C15H24N6. The molecule has 1 aliphatic rings. The van der Waals surface area contributed by atoms with Crippen molar-refractivity contribution in [3.05, 3.63) is 29.3 Å². The van der Waals surface area contributed by atoms with Gasteiger partial charge >= 0.3 is 0 Å². The molecule has 1 heterocycles. The van der Waals surface area contributed by atoms with Crippen molar-refractivity contribution in [1.82, 2.24) is 9.80 Å². The molecule has 6 nitrogen and oxygen atoms in total. The molecule has 1 aromatic rings. The molecule has 0 spiro atoms. The van der Waals surface area contributed by atoms with Gasteiger partial charge in [-0.2, -0.15) is 4.99 Å². The van der Waals surface area contributed by atoms with Crippen LogP contribution < -0.4 is 11.5 Å². The number of benzene rings is 1. The number of guanidine groups is 2. The Morgan fingerprint density at radius 1 is 1.05 bits per heavy atom. The Kier molecular flexibility index (Phi) is 4.80. The summed E-state index contributed by atoms with van der Waals surface area (Å²) >= 11 is 0. The number of aliphatic imine (C=N–C) groups is 2.